The lowest BCUT2D eigenvalue weighted by Crippen LogP contribution is -2.14. The molecule has 0 spiro atoms. The molecule has 0 amide bonds. The molecule has 1 aromatic carbocycles. The maximum absolute atomic E-state index is 12.7. The van der Waals surface area contributed by atoms with Gasteiger partial charge in [-0.1, -0.05) is 11.3 Å². The van der Waals surface area contributed by atoms with E-state index in [1.165, 1.54) is 29.5 Å². The van der Waals surface area contributed by atoms with Crippen molar-refractivity contribution in [1.29, 1.82) is 0 Å². The summed E-state index contributed by atoms with van der Waals surface area (Å²) in [5.41, 5.74) is -0.346. The number of hydrogen-bond acceptors (Lipinski definition) is 6. The maximum Gasteiger partial charge on any atom is 0.417 e. The Labute approximate surface area is 159 Å². The molecule has 5 nitrogen and oxygen atoms in total. The van der Waals surface area contributed by atoms with Gasteiger partial charge in [-0.25, -0.2) is 4.98 Å². The van der Waals surface area contributed by atoms with Crippen LogP contribution in [-0.2, 0) is 15.7 Å². The number of halogens is 3. The van der Waals surface area contributed by atoms with Crippen LogP contribution in [0.3, 0.4) is 0 Å². The lowest BCUT2D eigenvalue weighted by Gasteiger charge is -2.09. The van der Waals surface area contributed by atoms with E-state index in [9.17, 15) is 22.8 Å². The van der Waals surface area contributed by atoms with Crippen LogP contribution in [0.2, 0.25) is 0 Å². The number of carbonyl (C=O) groups excluding carboxylic acids is 1. The van der Waals surface area contributed by atoms with Crippen LogP contribution in [0, 0.1) is 0 Å². The number of aromatic nitrogens is 2. The van der Waals surface area contributed by atoms with Gasteiger partial charge in [0, 0.05) is 11.1 Å². The first-order valence-electron chi connectivity index (χ1n) is 7.64. The number of methoxy groups -OCH3 is 1. The molecule has 0 N–H and O–H groups in total. The van der Waals surface area contributed by atoms with Crippen LogP contribution in [0.5, 0.6) is 0 Å². The van der Waals surface area contributed by atoms with Crippen molar-refractivity contribution in [2.45, 2.75) is 23.2 Å². The highest BCUT2D eigenvalue weighted by atomic mass is 32.2. The first kappa shape index (κ1) is 19.4. The smallest absolute Gasteiger partial charge is 0.417 e. The normalized spacial score (nSPS) is 12.9. The fourth-order valence-electron chi connectivity index (χ4n) is 2.39. The number of rotatable bonds is 4. The summed E-state index contributed by atoms with van der Waals surface area (Å²) in [6.07, 6.45) is -3.79. The molecule has 27 heavy (non-hydrogen) atoms. The van der Waals surface area contributed by atoms with E-state index in [1.807, 2.05) is 0 Å². The molecule has 0 saturated carbocycles. The fraction of sp³-hybridized carbons (Fsp3) is 0.235. The molecule has 0 aliphatic rings. The third-order valence-corrected chi connectivity index (χ3v) is 5.68. The van der Waals surface area contributed by atoms with Gasteiger partial charge >= 0.3 is 17.0 Å². The van der Waals surface area contributed by atoms with E-state index >= 15 is 0 Å². The minimum Gasteiger partial charge on any atom is -0.468 e. The Morgan fingerprint density at radius 1 is 1.30 bits per heavy atom. The number of esters is 1. The molecule has 2 heterocycles. The Bertz CT molecular complexity index is 1040. The third-order valence-electron chi connectivity index (χ3n) is 3.70. The number of benzene rings is 1. The highest BCUT2D eigenvalue weighted by Gasteiger charge is 2.30. The van der Waals surface area contributed by atoms with E-state index in [0.717, 1.165) is 22.3 Å². The molecule has 0 fully saturated rings. The molecule has 0 saturated heterocycles. The molecule has 142 valence electrons. The van der Waals surface area contributed by atoms with Gasteiger partial charge in [0.1, 0.15) is 11.1 Å². The minimum atomic E-state index is -4.49. The van der Waals surface area contributed by atoms with Crippen molar-refractivity contribution in [2.75, 3.05) is 7.11 Å². The Hall–Kier alpha value is -2.33. The van der Waals surface area contributed by atoms with Gasteiger partial charge in [-0.2, -0.15) is 13.2 Å². The van der Waals surface area contributed by atoms with E-state index < -0.39 is 17.0 Å². The van der Waals surface area contributed by atoms with Crippen LogP contribution in [0.4, 0.5) is 13.2 Å². The Balaban J connectivity index is 1.97. The van der Waals surface area contributed by atoms with Crippen molar-refractivity contribution in [1.82, 2.24) is 9.55 Å². The summed E-state index contributed by atoms with van der Waals surface area (Å²) in [5, 5.41) is -0.414. The zero-order valence-corrected chi connectivity index (χ0v) is 15.7. The largest absolute Gasteiger partial charge is 0.468 e. The molecule has 1 unspecified atom stereocenters. The summed E-state index contributed by atoms with van der Waals surface area (Å²) in [6, 6.07) is 7.23. The predicted molar refractivity (Wildman–Crippen MR) is 97.6 cm³/mol. The fourth-order valence-corrected chi connectivity index (χ4v) is 4.32. The quantitative estimate of drug-likeness (QED) is 0.475. The number of carbonyl (C=O) groups is 1. The van der Waals surface area contributed by atoms with Crippen molar-refractivity contribution in [2.24, 2.45) is 0 Å². The molecular weight excluding hydrogens is 401 g/mol. The number of thioether (sulfide) groups is 1. The van der Waals surface area contributed by atoms with Gasteiger partial charge in [-0.05, 0) is 37.3 Å². The third kappa shape index (κ3) is 4.01. The van der Waals surface area contributed by atoms with Gasteiger partial charge in [-0.15, -0.1) is 11.8 Å². The van der Waals surface area contributed by atoms with Crippen LogP contribution >= 0.6 is 23.1 Å². The number of alkyl halides is 3. The van der Waals surface area contributed by atoms with E-state index in [-0.39, 0.29) is 16.7 Å². The second kappa shape index (κ2) is 7.35. The molecule has 10 heteroatoms. The molecule has 0 aliphatic heterocycles. The molecule has 0 aliphatic carbocycles. The maximum atomic E-state index is 12.7. The van der Waals surface area contributed by atoms with E-state index in [2.05, 4.69) is 9.72 Å². The Morgan fingerprint density at radius 3 is 2.63 bits per heavy atom. The van der Waals surface area contributed by atoms with Crippen molar-refractivity contribution >= 4 is 39.3 Å². The number of fused-ring (bicyclic) bond motifs is 1. The number of nitrogens with zero attached hydrogens (tertiary/aromatic N) is 2. The number of pyridine rings is 1. The standard InChI is InChI=1S/C17H13F3N2O3S2/c1-9(15(23)25-2)26-11-4-5-12-13(7-11)27-16(24)22(12)14-6-3-10(8-21-14)17(18,19)20/h3-9H,1-2H3. The SMILES string of the molecule is COC(=O)C(C)Sc1ccc2c(c1)sc(=O)n2-c1ccc(C(F)(F)F)cn1. The van der Waals surface area contributed by atoms with Gasteiger partial charge < -0.3 is 4.74 Å². The molecule has 2 aromatic heterocycles. The summed E-state index contributed by atoms with van der Waals surface area (Å²) in [4.78, 5) is 28.1. The minimum absolute atomic E-state index is 0.114. The van der Waals surface area contributed by atoms with Crippen molar-refractivity contribution in [3.8, 4) is 5.82 Å². The molecule has 3 rings (SSSR count). The average Bonchev–Trinajstić information content (AvgIpc) is 2.95. The summed E-state index contributed by atoms with van der Waals surface area (Å²) < 4.78 is 44.6. The zero-order chi connectivity index (χ0) is 19.8. The molecule has 3 aromatic rings. The zero-order valence-electron chi connectivity index (χ0n) is 14.1. The van der Waals surface area contributed by atoms with E-state index in [1.54, 1.807) is 25.1 Å². The van der Waals surface area contributed by atoms with Gasteiger partial charge in [-0.3, -0.25) is 14.2 Å². The predicted octanol–water partition coefficient (Wildman–Crippen LogP) is 4.12. The lowest BCUT2D eigenvalue weighted by atomic mass is 10.2. The first-order chi connectivity index (χ1) is 12.7. The Kier molecular flexibility index (Phi) is 5.29. The van der Waals surface area contributed by atoms with Gasteiger partial charge in [0.15, 0.2) is 0 Å². The highest BCUT2D eigenvalue weighted by Crippen LogP contribution is 2.31. The summed E-state index contributed by atoms with van der Waals surface area (Å²) >= 11 is 2.24. The topological polar surface area (TPSA) is 61.2 Å². The second-order valence-electron chi connectivity index (χ2n) is 5.52. The second-order valence-corrected chi connectivity index (χ2v) is 7.93. The van der Waals surface area contributed by atoms with Crippen LogP contribution in [-0.4, -0.2) is 27.9 Å². The van der Waals surface area contributed by atoms with Crippen molar-refractivity contribution in [3.63, 3.8) is 0 Å². The lowest BCUT2D eigenvalue weighted by molar-refractivity contribution is -0.139. The molecular formula is C17H13F3N2O3S2. The summed E-state index contributed by atoms with van der Waals surface area (Å²) in [5.74, 6) is -0.248. The molecule has 0 bridgehead atoms. The molecule has 0 radical (unpaired) electrons. The van der Waals surface area contributed by atoms with Crippen molar-refractivity contribution < 1.29 is 22.7 Å². The van der Waals surface area contributed by atoms with Crippen LogP contribution in [0.25, 0.3) is 16.0 Å². The summed E-state index contributed by atoms with van der Waals surface area (Å²) in [6.45, 7) is 1.71. The van der Waals surface area contributed by atoms with Crippen molar-refractivity contribution in [3.05, 3.63) is 51.8 Å². The Morgan fingerprint density at radius 2 is 2.04 bits per heavy atom. The summed E-state index contributed by atoms with van der Waals surface area (Å²) in [7, 11) is 1.31. The average molecular weight is 414 g/mol. The van der Waals surface area contributed by atoms with Gasteiger partial charge in [0.2, 0.25) is 0 Å². The number of hydrogen-bond donors (Lipinski definition) is 0. The van der Waals surface area contributed by atoms with Gasteiger partial charge in [0.05, 0.1) is 22.9 Å². The monoisotopic (exact) mass is 414 g/mol. The van der Waals surface area contributed by atoms with Gasteiger partial charge in [0.25, 0.3) is 0 Å². The van der Waals surface area contributed by atoms with Crippen LogP contribution in [0.1, 0.15) is 12.5 Å². The van der Waals surface area contributed by atoms with Crippen LogP contribution in [0.15, 0.2) is 46.2 Å². The first-order valence-corrected chi connectivity index (χ1v) is 9.34. The number of thiazole rings is 1. The highest BCUT2D eigenvalue weighted by molar-refractivity contribution is 8.00. The molecule has 1 atom stereocenters. The van der Waals surface area contributed by atoms with Crippen LogP contribution < -0.4 is 4.87 Å². The van der Waals surface area contributed by atoms with E-state index in [0.29, 0.717) is 16.4 Å². The van der Waals surface area contributed by atoms with E-state index in [4.69, 9.17) is 0 Å². The number of ether oxygens (including phenoxy) is 1.